The van der Waals surface area contributed by atoms with Gasteiger partial charge in [-0.1, -0.05) is 19.9 Å². The van der Waals surface area contributed by atoms with E-state index in [-0.39, 0.29) is 23.7 Å². The van der Waals surface area contributed by atoms with Crippen molar-refractivity contribution in [3.8, 4) is 0 Å². The third-order valence-electron chi connectivity index (χ3n) is 4.83. The Hall–Kier alpha value is -2.83. The summed E-state index contributed by atoms with van der Waals surface area (Å²) in [6.45, 7) is 7.36. The number of carbonyl (C=O) groups excluding carboxylic acids is 2. The molecule has 142 valence electrons. The lowest BCUT2D eigenvalue weighted by Crippen LogP contribution is -2.34. The van der Waals surface area contributed by atoms with Gasteiger partial charge in [0.05, 0.1) is 23.7 Å². The highest BCUT2D eigenvalue weighted by molar-refractivity contribution is 5.94. The summed E-state index contributed by atoms with van der Waals surface area (Å²) in [7, 11) is 0. The van der Waals surface area contributed by atoms with Crippen LogP contribution in [0.1, 0.15) is 53.6 Å². The van der Waals surface area contributed by atoms with Gasteiger partial charge in [0.15, 0.2) is 0 Å². The van der Waals surface area contributed by atoms with E-state index in [9.17, 15) is 9.59 Å². The largest absolute Gasteiger partial charge is 0.350 e. The molecule has 0 saturated carbocycles. The van der Waals surface area contributed by atoms with Crippen molar-refractivity contribution in [1.29, 1.82) is 0 Å². The minimum atomic E-state index is -0.200. The number of likely N-dealkylation sites (tertiary alicyclic amines) is 1. The van der Waals surface area contributed by atoms with Crippen molar-refractivity contribution >= 4 is 11.8 Å². The molecule has 3 rings (SSSR count). The molecule has 7 heteroatoms. The van der Waals surface area contributed by atoms with E-state index in [1.807, 2.05) is 32.9 Å². The maximum absolute atomic E-state index is 12.6. The van der Waals surface area contributed by atoms with Crippen molar-refractivity contribution in [1.82, 2.24) is 25.2 Å². The lowest BCUT2D eigenvalue weighted by molar-refractivity contribution is -0.124. The number of nitrogens with one attached hydrogen (secondary N) is 1. The number of hydrogen-bond acceptors (Lipinski definition) is 5. The van der Waals surface area contributed by atoms with Crippen LogP contribution in [0.2, 0.25) is 0 Å². The number of nitrogens with zero attached hydrogens (tertiary/aromatic N) is 4. The molecule has 7 nitrogen and oxygen atoms in total. The van der Waals surface area contributed by atoms with Gasteiger partial charge in [0.2, 0.25) is 5.91 Å². The van der Waals surface area contributed by atoms with Crippen LogP contribution in [-0.2, 0) is 11.3 Å². The van der Waals surface area contributed by atoms with Crippen molar-refractivity contribution in [3.63, 3.8) is 0 Å². The van der Waals surface area contributed by atoms with Crippen LogP contribution in [0.3, 0.4) is 0 Å². The van der Waals surface area contributed by atoms with Gasteiger partial charge in [-0.2, -0.15) is 0 Å². The average molecular weight is 367 g/mol. The first-order chi connectivity index (χ1) is 13.0. The molecule has 3 heterocycles. The molecular formula is C20H25N5O2. The zero-order chi connectivity index (χ0) is 19.4. The number of aryl methyl sites for hydroxylation is 1. The number of rotatable bonds is 5. The third-order valence-corrected chi connectivity index (χ3v) is 4.83. The van der Waals surface area contributed by atoms with E-state index < -0.39 is 0 Å². The molecule has 27 heavy (non-hydrogen) atoms. The summed E-state index contributed by atoms with van der Waals surface area (Å²) in [6.07, 6.45) is 5.52. The third kappa shape index (κ3) is 4.48. The van der Waals surface area contributed by atoms with Crippen molar-refractivity contribution in [2.24, 2.45) is 5.92 Å². The molecule has 0 bridgehead atoms. The smallest absolute Gasteiger partial charge is 0.257 e. The maximum atomic E-state index is 12.6. The van der Waals surface area contributed by atoms with Crippen LogP contribution in [0.4, 0.5) is 0 Å². The molecule has 1 saturated heterocycles. The van der Waals surface area contributed by atoms with Crippen LogP contribution in [0.5, 0.6) is 0 Å². The molecule has 2 amide bonds. The van der Waals surface area contributed by atoms with Gasteiger partial charge >= 0.3 is 0 Å². The Morgan fingerprint density at radius 3 is 2.67 bits per heavy atom. The number of aromatic nitrogens is 3. The molecule has 0 aliphatic carbocycles. The van der Waals surface area contributed by atoms with E-state index in [0.717, 1.165) is 17.1 Å². The van der Waals surface area contributed by atoms with Gasteiger partial charge in [-0.25, -0.2) is 9.97 Å². The number of carbonyl (C=O) groups is 2. The minimum Gasteiger partial charge on any atom is -0.350 e. The molecule has 2 aromatic heterocycles. The average Bonchev–Trinajstić information content (AvgIpc) is 3.17. The fourth-order valence-corrected chi connectivity index (χ4v) is 3.11. The standard InChI is InChI=1S/C20H25N5O2/c1-13(2)18-22-9-16(10-23-18)20(27)25-8-6-15(12-25)19(26)24-11-17-14(3)5-4-7-21-17/h4-5,7,9-10,13,15H,6,8,11-12H2,1-3H3,(H,24,26). The summed E-state index contributed by atoms with van der Waals surface area (Å²) in [6, 6.07) is 3.84. The van der Waals surface area contributed by atoms with Crippen LogP contribution in [0.25, 0.3) is 0 Å². The molecular weight excluding hydrogens is 342 g/mol. The monoisotopic (exact) mass is 367 g/mol. The molecule has 1 fully saturated rings. The Bertz CT molecular complexity index is 819. The van der Waals surface area contributed by atoms with Crippen LogP contribution in [-0.4, -0.2) is 44.8 Å². The van der Waals surface area contributed by atoms with Gasteiger partial charge in [-0.3, -0.25) is 14.6 Å². The Morgan fingerprint density at radius 2 is 2.00 bits per heavy atom. The quantitative estimate of drug-likeness (QED) is 0.874. The molecule has 1 atom stereocenters. The van der Waals surface area contributed by atoms with E-state index in [2.05, 4.69) is 20.3 Å². The second-order valence-corrected chi connectivity index (χ2v) is 7.21. The van der Waals surface area contributed by atoms with Crippen LogP contribution >= 0.6 is 0 Å². The zero-order valence-electron chi connectivity index (χ0n) is 16.0. The first-order valence-electron chi connectivity index (χ1n) is 9.25. The second-order valence-electron chi connectivity index (χ2n) is 7.21. The topological polar surface area (TPSA) is 88.1 Å². The van der Waals surface area contributed by atoms with E-state index in [4.69, 9.17) is 0 Å². The Balaban J connectivity index is 1.55. The van der Waals surface area contributed by atoms with Gasteiger partial charge in [0.1, 0.15) is 5.82 Å². The fraction of sp³-hybridized carbons (Fsp3) is 0.450. The van der Waals surface area contributed by atoms with Gasteiger partial charge in [-0.05, 0) is 25.0 Å². The highest BCUT2D eigenvalue weighted by atomic mass is 16.2. The van der Waals surface area contributed by atoms with Crippen LogP contribution < -0.4 is 5.32 Å². The first kappa shape index (κ1) is 18.9. The summed E-state index contributed by atoms with van der Waals surface area (Å²) < 4.78 is 0. The van der Waals surface area contributed by atoms with Crippen molar-refractivity contribution < 1.29 is 9.59 Å². The molecule has 2 aromatic rings. The van der Waals surface area contributed by atoms with Crippen molar-refractivity contribution in [2.75, 3.05) is 13.1 Å². The summed E-state index contributed by atoms with van der Waals surface area (Å²) in [5, 5.41) is 2.94. The molecule has 0 radical (unpaired) electrons. The normalized spacial score (nSPS) is 16.6. The number of amides is 2. The maximum Gasteiger partial charge on any atom is 0.257 e. The minimum absolute atomic E-state index is 0.0400. The fourth-order valence-electron chi connectivity index (χ4n) is 3.11. The molecule has 0 spiro atoms. The summed E-state index contributed by atoms with van der Waals surface area (Å²) in [5.41, 5.74) is 2.37. The van der Waals surface area contributed by atoms with Gasteiger partial charge in [0, 0.05) is 37.6 Å². The predicted octanol–water partition coefficient (Wildman–Crippen LogP) is 2.08. The summed E-state index contributed by atoms with van der Waals surface area (Å²) in [4.78, 5) is 39.6. The van der Waals surface area contributed by atoms with Gasteiger partial charge < -0.3 is 10.2 Å². The molecule has 1 aliphatic heterocycles. The molecule has 0 aromatic carbocycles. The van der Waals surface area contributed by atoms with E-state index >= 15 is 0 Å². The SMILES string of the molecule is Cc1cccnc1CNC(=O)C1CCN(C(=O)c2cnc(C(C)C)nc2)C1. The molecule has 1 unspecified atom stereocenters. The van der Waals surface area contributed by atoms with Crippen molar-refractivity contribution in [2.45, 2.75) is 39.7 Å². The molecule has 1 aliphatic rings. The highest BCUT2D eigenvalue weighted by Crippen LogP contribution is 2.19. The zero-order valence-corrected chi connectivity index (χ0v) is 16.0. The lowest BCUT2D eigenvalue weighted by atomic mass is 10.1. The summed E-state index contributed by atoms with van der Waals surface area (Å²) >= 11 is 0. The number of hydrogen-bond donors (Lipinski definition) is 1. The van der Waals surface area contributed by atoms with Crippen LogP contribution in [0, 0.1) is 12.8 Å². The summed E-state index contributed by atoms with van der Waals surface area (Å²) in [5.74, 6) is 0.573. The van der Waals surface area contributed by atoms with E-state index in [1.54, 1.807) is 23.5 Å². The second kappa shape index (κ2) is 8.24. The van der Waals surface area contributed by atoms with E-state index in [1.165, 1.54) is 0 Å². The van der Waals surface area contributed by atoms with Crippen molar-refractivity contribution in [3.05, 3.63) is 53.4 Å². The Morgan fingerprint density at radius 1 is 1.26 bits per heavy atom. The van der Waals surface area contributed by atoms with E-state index in [0.29, 0.717) is 31.6 Å². The number of pyridine rings is 1. The van der Waals surface area contributed by atoms with Crippen LogP contribution in [0.15, 0.2) is 30.7 Å². The lowest BCUT2D eigenvalue weighted by Gasteiger charge is -2.16. The molecule has 1 N–H and O–H groups in total. The van der Waals surface area contributed by atoms with Gasteiger partial charge in [-0.15, -0.1) is 0 Å². The Kier molecular flexibility index (Phi) is 5.78. The van der Waals surface area contributed by atoms with Gasteiger partial charge in [0.25, 0.3) is 5.91 Å². The Labute approximate surface area is 159 Å². The highest BCUT2D eigenvalue weighted by Gasteiger charge is 2.31. The first-order valence-corrected chi connectivity index (χ1v) is 9.25. The predicted molar refractivity (Wildman–Crippen MR) is 101 cm³/mol.